The first-order valence-electron chi connectivity index (χ1n) is 21.9. The van der Waals surface area contributed by atoms with E-state index >= 15 is 0 Å². The van der Waals surface area contributed by atoms with E-state index in [2.05, 4.69) is 15.3 Å². The fraction of sp³-hybridized carbons (Fsp3) is 0.574. The molecular formula is C47H64N4O12. The van der Waals surface area contributed by atoms with Crippen molar-refractivity contribution in [3.63, 3.8) is 0 Å². The summed E-state index contributed by atoms with van der Waals surface area (Å²) in [6.45, 7) is 15.4. The second-order valence-corrected chi connectivity index (χ2v) is 17.8. The molecule has 16 nitrogen and oxygen atoms in total. The summed E-state index contributed by atoms with van der Waals surface area (Å²) >= 11 is 0. The second kappa shape index (κ2) is 19.3. The number of esters is 1. The zero-order valence-electron chi connectivity index (χ0n) is 37.8. The molecule has 1 saturated heterocycles. The number of carbonyl (C=O) groups excluding carboxylic acids is 3. The lowest BCUT2D eigenvalue weighted by atomic mass is 9.78. The Morgan fingerprint density at radius 3 is 2.22 bits per heavy atom. The molecule has 0 radical (unpaired) electrons. The maximum atomic E-state index is 14.5. The molecule has 0 unspecified atom stereocenters. The summed E-state index contributed by atoms with van der Waals surface area (Å²) in [5.41, 5.74) is -0.293. The summed E-state index contributed by atoms with van der Waals surface area (Å²) in [5, 5.41) is 67.6. The van der Waals surface area contributed by atoms with E-state index in [4.69, 9.17) is 18.9 Å². The molecule has 344 valence electrons. The molecule has 5 bridgehead atoms. The van der Waals surface area contributed by atoms with Crippen molar-refractivity contribution in [1.29, 1.82) is 0 Å². The van der Waals surface area contributed by atoms with E-state index in [0.717, 1.165) is 13.1 Å². The Bertz CT molecular complexity index is 2190. The fourth-order valence-corrected chi connectivity index (χ4v) is 9.47. The Balaban J connectivity index is 1.47. The monoisotopic (exact) mass is 876 g/mol. The van der Waals surface area contributed by atoms with Crippen LogP contribution in [0.2, 0.25) is 0 Å². The maximum Gasteiger partial charge on any atom is 0.312 e. The van der Waals surface area contributed by atoms with Crippen LogP contribution in [0.5, 0.6) is 23.0 Å². The lowest BCUT2D eigenvalue weighted by molar-refractivity contribution is -0.160. The summed E-state index contributed by atoms with van der Waals surface area (Å²) in [7, 11) is 1.44. The van der Waals surface area contributed by atoms with E-state index in [1.807, 2.05) is 5.01 Å². The third-order valence-corrected chi connectivity index (χ3v) is 13.5. The minimum atomic E-state index is -2.04. The van der Waals surface area contributed by atoms with Crippen LogP contribution in [0, 0.1) is 30.6 Å². The van der Waals surface area contributed by atoms with Gasteiger partial charge in [-0.15, -0.1) is 0 Å². The molecule has 1 aliphatic carbocycles. The van der Waals surface area contributed by atoms with Crippen molar-refractivity contribution < 1.29 is 58.9 Å². The van der Waals surface area contributed by atoms with E-state index < -0.39 is 88.8 Å². The summed E-state index contributed by atoms with van der Waals surface area (Å²) < 4.78 is 23.7. The molecule has 2 aromatic carbocycles. The van der Waals surface area contributed by atoms with E-state index in [0.29, 0.717) is 19.1 Å². The Kier molecular flexibility index (Phi) is 14.5. The average molecular weight is 877 g/mol. The minimum absolute atomic E-state index is 0.0631. The van der Waals surface area contributed by atoms with Gasteiger partial charge in [0.15, 0.2) is 5.75 Å². The molecule has 9 atom stereocenters. The summed E-state index contributed by atoms with van der Waals surface area (Å²) in [6.07, 6.45) is 9.75. The number of nitrogens with one attached hydrogen (secondary N) is 1. The van der Waals surface area contributed by atoms with Crippen molar-refractivity contribution in [3.8, 4) is 23.0 Å². The van der Waals surface area contributed by atoms with Gasteiger partial charge < -0.3 is 49.8 Å². The van der Waals surface area contributed by atoms with E-state index in [1.54, 1.807) is 39.8 Å². The number of piperazine rings is 1. The number of phenolic OH excluding ortho intramolecular Hbond substituents is 3. The summed E-state index contributed by atoms with van der Waals surface area (Å²) in [6, 6.07) is 0.553. The lowest BCUT2D eigenvalue weighted by Crippen LogP contribution is -2.47. The zero-order valence-corrected chi connectivity index (χ0v) is 37.8. The minimum Gasteiger partial charge on any atom is -0.507 e. The summed E-state index contributed by atoms with van der Waals surface area (Å²) in [4.78, 5) is 43.2. The topological polar surface area (TPSA) is 220 Å². The van der Waals surface area contributed by atoms with Crippen LogP contribution in [0.4, 0.5) is 5.69 Å². The highest BCUT2D eigenvalue weighted by Crippen LogP contribution is 2.55. The number of amides is 1. The molecule has 1 saturated carbocycles. The predicted octanol–water partition coefficient (Wildman–Crippen LogP) is 5.65. The number of ether oxygens (including phenoxy) is 4. The third-order valence-electron chi connectivity index (χ3n) is 13.5. The highest BCUT2D eigenvalue weighted by atomic mass is 16.7. The molecule has 2 aromatic rings. The van der Waals surface area contributed by atoms with Gasteiger partial charge in [-0.25, -0.2) is 0 Å². The van der Waals surface area contributed by atoms with Gasteiger partial charge in [-0.05, 0) is 32.8 Å². The number of benzene rings is 2. The average Bonchev–Trinajstić information content (AvgIpc) is 3.89. The molecule has 63 heavy (non-hydrogen) atoms. The molecule has 4 aliphatic heterocycles. The quantitative estimate of drug-likeness (QED) is 0.0926. The first kappa shape index (κ1) is 47.3. The van der Waals surface area contributed by atoms with Crippen LogP contribution in [-0.4, -0.2) is 129 Å². The largest absolute Gasteiger partial charge is 0.507 e. The molecule has 0 aromatic heterocycles. The van der Waals surface area contributed by atoms with Crippen molar-refractivity contribution in [2.24, 2.45) is 28.8 Å². The van der Waals surface area contributed by atoms with Gasteiger partial charge in [0.2, 0.25) is 0 Å². The normalized spacial score (nSPS) is 32.4. The van der Waals surface area contributed by atoms with Crippen LogP contribution in [0.1, 0.15) is 95.6 Å². The number of aliphatic hydroxyl groups is 2. The Labute approximate surface area is 368 Å². The molecule has 6 N–H and O–H groups in total. The SMILES string of the molecule is CO[C@H]1/C=C/O[C@@]2(C)Oc3c(C)c(O)c4c(O)c(c(/C=N\N5CCN(C6CCCC6)CC5)c(O)c4c3C2=O)NC(=O)/C(C)=C\C=C\[C@H](C)[C@@H](O)[C@@H](C)[C@H](O)[C@@H](C)[C@H](OC(C)=O)[C@H]1C. The number of anilines is 1. The number of aliphatic hydroxyl groups excluding tert-OH is 2. The van der Waals surface area contributed by atoms with Crippen molar-refractivity contribution in [2.45, 2.75) is 117 Å². The van der Waals surface area contributed by atoms with Crippen molar-refractivity contribution >= 4 is 40.3 Å². The lowest BCUT2D eigenvalue weighted by Gasteiger charge is -2.38. The predicted molar refractivity (Wildman–Crippen MR) is 237 cm³/mol. The van der Waals surface area contributed by atoms with Crippen LogP contribution >= 0.6 is 0 Å². The molecule has 5 aliphatic rings. The van der Waals surface area contributed by atoms with Crippen LogP contribution < -0.4 is 10.1 Å². The van der Waals surface area contributed by atoms with Gasteiger partial charge in [0.25, 0.3) is 11.7 Å². The first-order valence-corrected chi connectivity index (χ1v) is 21.9. The van der Waals surface area contributed by atoms with Gasteiger partial charge in [-0.3, -0.25) is 24.3 Å². The molecule has 16 heteroatoms. The van der Waals surface area contributed by atoms with Gasteiger partial charge in [-0.2, -0.15) is 5.10 Å². The molecule has 1 amide bonds. The molecular weight excluding hydrogens is 813 g/mol. The molecule has 0 spiro atoms. The van der Waals surface area contributed by atoms with E-state index in [1.165, 1.54) is 85.1 Å². The van der Waals surface area contributed by atoms with Gasteiger partial charge in [-0.1, -0.05) is 58.8 Å². The van der Waals surface area contributed by atoms with Crippen LogP contribution in [0.15, 0.2) is 41.2 Å². The number of ketones is 1. The maximum absolute atomic E-state index is 14.5. The van der Waals surface area contributed by atoms with Crippen molar-refractivity contribution in [1.82, 2.24) is 9.91 Å². The Morgan fingerprint density at radius 2 is 1.59 bits per heavy atom. The number of fused-ring (bicyclic) bond motifs is 14. The second-order valence-electron chi connectivity index (χ2n) is 17.8. The van der Waals surface area contributed by atoms with Gasteiger partial charge >= 0.3 is 11.8 Å². The van der Waals surface area contributed by atoms with Gasteiger partial charge in [0.1, 0.15) is 23.4 Å². The number of aromatic hydroxyl groups is 3. The molecule has 7 rings (SSSR count). The third kappa shape index (κ3) is 9.40. The number of allylic oxidation sites excluding steroid dienone is 2. The fourth-order valence-electron chi connectivity index (χ4n) is 9.47. The number of rotatable bonds is 5. The van der Waals surface area contributed by atoms with Crippen LogP contribution in [0.3, 0.4) is 0 Å². The van der Waals surface area contributed by atoms with Crippen molar-refractivity contribution in [2.75, 3.05) is 38.6 Å². The van der Waals surface area contributed by atoms with Crippen molar-refractivity contribution in [3.05, 3.63) is 52.8 Å². The standard InChI is InChI=1S/C47H64N4O12/c1-24-13-12-14-25(2)46(59)49-37-32(23-48-51-20-18-50(19-21-51)31-15-10-11-16-31)41(56)34-35(42(37)57)40(55)29(6)44-36(34)45(58)47(8,63-44)61-22-17-33(60-9)26(3)43(62-30(7)52)28(5)39(54)27(4)38(24)53/h12-14,17,22-24,26-28,31,33,38-39,43,53-57H,10-11,15-16,18-21H2,1-9H3,(H,49,59)/b13-12+,22-17+,25-14-,48-23-/t24-,26-,27+,28+,33-,38+,39-,43+,47-/m0/s1. The van der Waals surface area contributed by atoms with Gasteiger partial charge in [0.05, 0.1) is 53.0 Å². The molecule has 4 heterocycles. The number of methoxy groups -OCH3 is 1. The number of hydrogen-bond acceptors (Lipinski definition) is 15. The highest BCUT2D eigenvalue weighted by Gasteiger charge is 2.50. The van der Waals surface area contributed by atoms with E-state index in [-0.39, 0.29) is 44.5 Å². The van der Waals surface area contributed by atoms with E-state index in [9.17, 15) is 39.9 Å². The number of nitrogens with zero attached hydrogens (tertiary/aromatic N) is 3. The number of phenols is 3. The van der Waals surface area contributed by atoms with Crippen LogP contribution in [0.25, 0.3) is 10.8 Å². The zero-order chi connectivity index (χ0) is 46.1. The number of Topliss-reactive ketones (excluding diaryl/α,β-unsaturated/α-hetero) is 1. The summed E-state index contributed by atoms with van der Waals surface area (Å²) in [5.74, 6) is -8.28. The smallest absolute Gasteiger partial charge is 0.312 e. The molecule has 2 fully saturated rings. The van der Waals surface area contributed by atoms with Gasteiger partial charge in [0, 0.05) is 93.4 Å². The van der Waals surface area contributed by atoms with Crippen LogP contribution in [-0.2, 0) is 23.8 Å². The number of hydrazone groups is 1. The number of carbonyl (C=O) groups is 3. The Hall–Kier alpha value is -5.16. The Morgan fingerprint density at radius 1 is 0.921 bits per heavy atom. The first-order chi connectivity index (χ1) is 29.8. The highest BCUT2D eigenvalue weighted by molar-refractivity contribution is 6.23. The number of hydrogen-bond donors (Lipinski definition) is 6.